The molecule has 3 N–H and O–H groups in total. The van der Waals surface area contributed by atoms with Gasteiger partial charge in [0, 0.05) is 59.5 Å². The maximum Gasteiger partial charge on any atom is 0.224 e. The molecule has 46 heavy (non-hydrogen) atoms. The second-order valence-corrected chi connectivity index (χ2v) is 12.2. The number of carbonyl (C=O) groups is 1. The predicted octanol–water partition coefficient (Wildman–Crippen LogP) is 6.83. The summed E-state index contributed by atoms with van der Waals surface area (Å²) in [6.07, 6.45) is 9.70. The lowest BCUT2D eigenvalue weighted by molar-refractivity contribution is -0.116. The van der Waals surface area contributed by atoms with Crippen LogP contribution in [0.3, 0.4) is 0 Å². The fourth-order valence-corrected chi connectivity index (χ4v) is 6.02. The molecule has 0 saturated carbocycles. The van der Waals surface area contributed by atoms with Gasteiger partial charge in [0.25, 0.3) is 0 Å². The molecule has 1 fully saturated rings. The summed E-state index contributed by atoms with van der Waals surface area (Å²) in [7, 11) is 0. The Morgan fingerprint density at radius 2 is 1.83 bits per heavy atom. The Kier molecular flexibility index (Phi) is 8.15. The van der Waals surface area contributed by atoms with Crippen molar-refractivity contribution in [1.82, 2.24) is 35.0 Å². The Morgan fingerprint density at radius 3 is 2.67 bits per heavy atom. The van der Waals surface area contributed by atoms with Crippen molar-refractivity contribution in [3.8, 4) is 39.4 Å². The van der Waals surface area contributed by atoms with E-state index in [1.807, 2.05) is 44.2 Å². The molecule has 1 saturated heterocycles. The van der Waals surface area contributed by atoms with E-state index in [9.17, 15) is 9.18 Å². The number of anilines is 1. The molecule has 0 aliphatic carbocycles. The molecular weight excluding hydrogens is 583 g/mol. The van der Waals surface area contributed by atoms with E-state index in [1.165, 1.54) is 25.0 Å². The molecule has 7 rings (SSSR count). The number of hydrogen-bond donors (Lipinski definition) is 3. The molecule has 0 unspecified atom stereocenters. The average Bonchev–Trinajstić information content (AvgIpc) is 3.80. The van der Waals surface area contributed by atoms with Crippen LogP contribution in [-0.2, 0) is 4.79 Å². The molecule has 1 aromatic carbocycles. The molecule has 11 heteroatoms. The SMILES string of the molecule is CC(C)CC(=O)Nc1cncc(-c2cnc3[nH]nc(-c4cc5c(-c6cc(F)cc(OCCN7CCCC7)c6)ccnc5[nH]4)c3c2)c1. The van der Waals surface area contributed by atoms with Gasteiger partial charge in [-0.2, -0.15) is 5.10 Å². The standard InChI is InChI=1S/C35H35FN8O2/c1-21(2)11-32(45)40-26-13-23(18-37-20-26)24-15-30-33(42-43-35(30)39-19-24)31-17-29-28(5-6-38-34(29)41-31)22-12-25(36)16-27(14-22)46-10-9-44-7-3-4-8-44/h5-6,12-21H,3-4,7-11H2,1-2H3,(H,38,41)(H,40,45)(H,39,42,43). The van der Waals surface area contributed by atoms with E-state index in [2.05, 4.69) is 40.3 Å². The molecule has 1 aliphatic rings. The maximum atomic E-state index is 14.8. The lowest BCUT2D eigenvalue weighted by Gasteiger charge is -2.15. The average molecular weight is 619 g/mol. The quantitative estimate of drug-likeness (QED) is 0.154. The number of halogens is 1. The Morgan fingerprint density at radius 1 is 0.978 bits per heavy atom. The van der Waals surface area contributed by atoms with Crippen molar-refractivity contribution < 1.29 is 13.9 Å². The molecule has 234 valence electrons. The summed E-state index contributed by atoms with van der Waals surface area (Å²) in [5.74, 6) is 0.355. The summed E-state index contributed by atoms with van der Waals surface area (Å²) in [5, 5.41) is 12.2. The van der Waals surface area contributed by atoms with Gasteiger partial charge in [-0.25, -0.2) is 14.4 Å². The zero-order chi connectivity index (χ0) is 31.6. The second-order valence-electron chi connectivity index (χ2n) is 12.2. The zero-order valence-corrected chi connectivity index (χ0v) is 25.8. The number of nitrogens with one attached hydrogen (secondary N) is 3. The molecule has 10 nitrogen and oxygen atoms in total. The summed E-state index contributed by atoms with van der Waals surface area (Å²) in [6.45, 7) is 7.54. The van der Waals surface area contributed by atoms with Gasteiger partial charge >= 0.3 is 0 Å². The van der Waals surface area contributed by atoms with Crippen LogP contribution in [0.5, 0.6) is 5.75 Å². The first-order valence-corrected chi connectivity index (χ1v) is 15.6. The number of ether oxygens (including phenoxy) is 1. The number of hydrogen-bond acceptors (Lipinski definition) is 7. The van der Waals surface area contributed by atoms with E-state index in [0.717, 1.165) is 52.8 Å². The van der Waals surface area contributed by atoms with Crippen LogP contribution >= 0.6 is 0 Å². The monoisotopic (exact) mass is 618 g/mol. The van der Waals surface area contributed by atoms with Crippen LogP contribution in [0.1, 0.15) is 33.1 Å². The molecule has 6 heterocycles. The summed E-state index contributed by atoms with van der Waals surface area (Å²) in [6, 6.07) is 12.6. The summed E-state index contributed by atoms with van der Waals surface area (Å²) < 4.78 is 20.8. The highest BCUT2D eigenvalue weighted by Crippen LogP contribution is 2.35. The molecule has 0 radical (unpaired) electrons. The van der Waals surface area contributed by atoms with Crippen LogP contribution in [0.15, 0.2) is 67.3 Å². The van der Waals surface area contributed by atoms with Crippen LogP contribution in [0, 0.1) is 11.7 Å². The third kappa shape index (κ3) is 6.32. The van der Waals surface area contributed by atoms with E-state index in [1.54, 1.807) is 24.8 Å². The Balaban J connectivity index is 1.18. The highest BCUT2D eigenvalue weighted by atomic mass is 19.1. The lowest BCUT2D eigenvalue weighted by atomic mass is 10.0. The number of amides is 1. The van der Waals surface area contributed by atoms with E-state index in [0.29, 0.717) is 47.0 Å². The number of aromatic nitrogens is 6. The largest absolute Gasteiger partial charge is 0.492 e. The number of fused-ring (bicyclic) bond motifs is 2. The molecule has 0 atom stereocenters. The molecule has 0 spiro atoms. The molecule has 6 aromatic rings. The number of aromatic amines is 2. The Hall–Kier alpha value is -5.16. The van der Waals surface area contributed by atoms with Crippen LogP contribution in [0.2, 0.25) is 0 Å². The van der Waals surface area contributed by atoms with Crippen molar-refractivity contribution in [2.75, 3.05) is 31.6 Å². The van der Waals surface area contributed by atoms with Crippen molar-refractivity contribution in [1.29, 1.82) is 0 Å². The number of rotatable bonds is 10. The maximum absolute atomic E-state index is 14.8. The fourth-order valence-electron chi connectivity index (χ4n) is 6.02. The van der Waals surface area contributed by atoms with Crippen LogP contribution in [0.4, 0.5) is 10.1 Å². The molecule has 5 aromatic heterocycles. The van der Waals surface area contributed by atoms with Crippen LogP contribution < -0.4 is 10.1 Å². The van der Waals surface area contributed by atoms with Crippen molar-refractivity contribution >= 4 is 33.7 Å². The minimum absolute atomic E-state index is 0.0500. The first kappa shape index (κ1) is 29.5. The zero-order valence-electron chi connectivity index (χ0n) is 25.8. The van der Waals surface area contributed by atoms with E-state index < -0.39 is 0 Å². The number of nitrogens with zero attached hydrogens (tertiary/aromatic N) is 5. The van der Waals surface area contributed by atoms with Crippen LogP contribution in [-0.4, -0.2) is 67.2 Å². The van der Waals surface area contributed by atoms with Gasteiger partial charge in [0.05, 0.1) is 17.6 Å². The van der Waals surface area contributed by atoms with Gasteiger partial charge in [0.15, 0.2) is 5.65 Å². The Bertz CT molecular complexity index is 2030. The summed E-state index contributed by atoms with van der Waals surface area (Å²) in [4.78, 5) is 31.6. The van der Waals surface area contributed by atoms with Crippen molar-refractivity contribution in [3.05, 3.63) is 73.1 Å². The van der Waals surface area contributed by atoms with Gasteiger partial charge in [-0.1, -0.05) is 13.8 Å². The molecular formula is C35H35FN8O2. The Labute approximate surface area is 265 Å². The number of benzene rings is 1. The van der Waals surface area contributed by atoms with Gasteiger partial charge in [-0.05, 0) is 79.4 Å². The number of pyridine rings is 3. The van der Waals surface area contributed by atoms with Crippen molar-refractivity contribution in [2.45, 2.75) is 33.1 Å². The number of H-pyrrole nitrogens is 2. The first-order valence-electron chi connectivity index (χ1n) is 15.6. The topological polar surface area (TPSA) is 125 Å². The van der Waals surface area contributed by atoms with Crippen molar-refractivity contribution in [3.63, 3.8) is 0 Å². The summed E-state index contributed by atoms with van der Waals surface area (Å²) in [5.41, 5.74) is 6.50. The minimum Gasteiger partial charge on any atom is -0.492 e. The fraction of sp³-hybridized carbons (Fsp3) is 0.286. The normalized spacial score (nSPS) is 13.7. The lowest BCUT2D eigenvalue weighted by Crippen LogP contribution is -2.25. The highest BCUT2D eigenvalue weighted by Gasteiger charge is 2.17. The van der Waals surface area contributed by atoms with E-state index >= 15 is 0 Å². The van der Waals surface area contributed by atoms with Gasteiger partial charge < -0.3 is 15.0 Å². The van der Waals surface area contributed by atoms with Gasteiger partial charge in [0.1, 0.15) is 29.5 Å². The summed E-state index contributed by atoms with van der Waals surface area (Å²) >= 11 is 0. The molecule has 1 aliphatic heterocycles. The van der Waals surface area contributed by atoms with Gasteiger partial charge in [0.2, 0.25) is 5.91 Å². The van der Waals surface area contributed by atoms with Gasteiger partial charge in [-0.3, -0.25) is 19.8 Å². The van der Waals surface area contributed by atoms with Crippen LogP contribution in [0.25, 0.3) is 55.7 Å². The van der Waals surface area contributed by atoms with Gasteiger partial charge in [-0.15, -0.1) is 0 Å². The first-order chi connectivity index (χ1) is 22.4. The number of likely N-dealkylation sites (tertiary alicyclic amines) is 1. The highest BCUT2D eigenvalue weighted by molar-refractivity contribution is 6.00. The van der Waals surface area contributed by atoms with Crippen molar-refractivity contribution in [2.24, 2.45) is 5.92 Å². The number of carbonyl (C=O) groups excluding carboxylic acids is 1. The second kappa shape index (κ2) is 12.7. The van der Waals surface area contributed by atoms with E-state index in [-0.39, 0.29) is 17.6 Å². The minimum atomic E-state index is -0.357. The molecule has 0 bridgehead atoms. The third-order valence-corrected chi connectivity index (χ3v) is 8.21. The molecule has 1 amide bonds. The predicted molar refractivity (Wildman–Crippen MR) is 177 cm³/mol. The smallest absolute Gasteiger partial charge is 0.224 e. The van der Waals surface area contributed by atoms with E-state index in [4.69, 9.17) is 4.74 Å². The third-order valence-electron chi connectivity index (χ3n) is 8.21.